The van der Waals surface area contributed by atoms with Crippen molar-refractivity contribution in [2.75, 3.05) is 13.6 Å². The highest BCUT2D eigenvalue weighted by Gasteiger charge is 2.37. The van der Waals surface area contributed by atoms with Crippen molar-refractivity contribution in [2.45, 2.75) is 90.6 Å². The van der Waals surface area contributed by atoms with Crippen LogP contribution < -0.4 is 5.32 Å². The monoisotopic (exact) mass is 470 g/mol. The smallest absolute Gasteiger partial charge is 0.217 e. The van der Waals surface area contributed by atoms with E-state index in [0.717, 1.165) is 18.5 Å². The average Bonchev–Trinajstić information content (AvgIpc) is 2.80. The first-order valence-corrected chi connectivity index (χ1v) is 12.6. The Kier molecular flexibility index (Phi) is 10.6. The Morgan fingerprint density at radius 1 is 1.12 bits per heavy atom. The van der Waals surface area contributed by atoms with E-state index in [0.29, 0.717) is 5.92 Å². The predicted octanol–water partition coefficient (Wildman–Crippen LogP) is 6.66. The molecule has 1 aliphatic carbocycles. The van der Waals surface area contributed by atoms with Gasteiger partial charge in [0.25, 0.3) is 0 Å². The van der Waals surface area contributed by atoms with Crippen LogP contribution in [0.2, 0.25) is 0 Å². The number of aromatic hydroxyl groups is 1. The molecule has 5 heteroatoms. The zero-order valence-corrected chi connectivity index (χ0v) is 21.8. The van der Waals surface area contributed by atoms with Crippen molar-refractivity contribution >= 4 is 5.91 Å². The second-order valence-corrected chi connectivity index (χ2v) is 10.1. The topological polar surface area (TPSA) is 52.6 Å². The standard InChI is InChI=1S/C22H36N2O.C7H7FO/c1-17(2)20-10-9-11-21(16-20)22(13-7-6-8-14-22)24(5)15-12-18(3)23-19(4)25;1-5-2-3-7(9)6(8)4-5/h9-11,16-18H,6-8,12-15H2,1-5H3,(H,23,25);2-4,9H,1H3/t18-;/m0./s1. The zero-order valence-electron chi connectivity index (χ0n) is 21.8. The molecule has 2 aromatic carbocycles. The number of benzene rings is 2. The lowest BCUT2D eigenvalue weighted by Crippen LogP contribution is -2.47. The first-order valence-electron chi connectivity index (χ1n) is 12.6. The molecule has 4 nitrogen and oxygen atoms in total. The van der Waals surface area contributed by atoms with Crippen LogP contribution in [0.3, 0.4) is 0 Å². The van der Waals surface area contributed by atoms with Crippen LogP contribution in [0.5, 0.6) is 5.75 Å². The quantitative estimate of drug-likeness (QED) is 0.476. The van der Waals surface area contributed by atoms with Gasteiger partial charge in [0.05, 0.1) is 0 Å². The van der Waals surface area contributed by atoms with Gasteiger partial charge in [-0.2, -0.15) is 0 Å². The van der Waals surface area contributed by atoms with Crippen LogP contribution in [0, 0.1) is 12.7 Å². The minimum absolute atomic E-state index is 0.0622. The van der Waals surface area contributed by atoms with Gasteiger partial charge in [-0.05, 0) is 74.9 Å². The van der Waals surface area contributed by atoms with Crippen LogP contribution >= 0.6 is 0 Å². The second-order valence-electron chi connectivity index (χ2n) is 10.1. The number of hydrogen-bond acceptors (Lipinski definition) is 3. The van der Waals surface area contributed by atoms with Crippen LogP contribution in [-0.2, 0) is 10.3 Å². The summed E-state index contributed by atoms with van der Waals surface area (Å²) >= 11 is 0. The Bertz CT molecular complexity index is 922. The molecule has 0 aliphatic heterocycles. The molecule has 0 bridgehead atoms. The third kappa shape index (κ3) is 7.83. The van der Waals surface area contributed by atoms with E-state index < -0.39 is 5.82 Å². The summed E-state index contributed by atoms with van der Waals surface area (Å²) in [6.07, 6.45) is 7.41. The van der Waals surface area contributed by atoms with Crippen molar-refractivity contribution in [3.05, 3.63) is 65.0 Å². The van der Waals surface area contributed by atoms with Gasteiger partial charge < -0.3 is 10.4 Å². The molecule has 0 radical (unpaired) electrons. The number of hydrogen-bond donors (Lipinski definition) is 2. The lowest BCUT2D eigenvalue weighted by atomic mass is 9.74. The maximum Gasteiger partial charge on any atom is 0.217 e. The van der Waals surface area contributed by atoms with Gasteiger partial charge in [0.15, 0.2) is 11.6 Å². The van der Waals surface area contributed by atoms with E-state index >= 15 is 0 Å². The SMILES string of the molecule is CC(=O)N[C@@H](C)CCN(C)C1(c2cccc(C(C)C)c2)CCCCC1.Cc1ccc(O)c(F)c1. The van der Waals surface area contributed by atoms with Gasteiger partial charge in [0.2, 0.25) is 5.91 Å². The van der Waals surface area contributed by atoms with E-state index in [4.69, 9.17) is 5.11 Å². The number of nitrogens with one attached hydrogen (secondary N) is 1. The third-order valence-corrected chi connectivity index (χ3v) is 6.95. The summed E-state index contributed by atoms with van der Waals surface area (Å²) in [6.45, 7) is 11.0. The van der Waals surface area contributed by atoms with E-state index in [1.54, 1.807) is 19.9 Å². The van der Waals surface area contributed by atoms with Gasteiger partial charge in [-0.3, -0.25) is 9.69 Å². The summed E-state index contributed by atoms with van der Waals surface area (Å²) in [7, 11) is 2.27. The normalized spacial score (nSPS) is 16.0. The fourth-order valence-corrected chi connectivity index (χ4v) is 4.85. The van der Waals surface area contributed by atoms with E-state index in [9.17, 15) is 9.18 Å². The lowest BCUT2D eigenvalue weighted by Gasteiger charge is -2.46. The molecule has 0 spiro atoms. The van der Waals surface area contributed by atoms with E-state index in [-0.39, 0.29) is 23.2 Å². The summed E-state index contributed by atoms with van der Waals surface area (Å²) < 4.78 is 12.3. The maximum absolute atomic E-state index is 12.3. The third-order valence-electron chi connectivity index (χ3n) is 6.95. The highest BCUT2D eigenvalue weighted by atomic mass is 19.1. The molecule has 0 aromatic heterocycles. The predicted molar refractivity (Wildman–Crippen MR) is 139 cm³/mol. The highest BCUT2D eigenvalue weighted by molar-refractivity contribution is 5.73. The molecular formula is C29H43FN2O2. The minimum Gasteiger partial charge on any atom is -0.505 e. The molecule has 1 aliphatic rings. The van der Waals surface area contributed by atoms with Crippen molar-refractivity contribution in [1.29, 1.82) is 0 Å². The first-order chi connectivity index (χ1) is 16.0. The molecule has 1 atom stereocenters. The number of phenols is 1. The first kappa shape index (κ1) is 27.8. The molecule has 1 fully saturated rings. The largest absolute Gasteiger partial charge is 0.505 e. The maximum atomic E-state index is 12.3. The molecule has 1 saturated carbocycles. The van der Waals surface area contributed by atoms with Crippen LogP contribution in [0.25, 0.3) is 0 Å². The number of rotatable bonds is 7. The molecule has 3 rings (SSSR count). The van der Waals surface area contributed by atoms with Gasteiger partial charge >= 0.3 is 0 Å². The Morgan fingerprint density at radius 3 is 2.35 bits per heavy atom. The van der Waals surface area contributed by atoms with Gasteiger partial charge in [-0.1, -0.05) is 63.4 Å². The second kappa shape index (κ2) is 12.9. The van der Waals surface area contributed by atoms with E-state index in [1.807, 2.05) is 0 Å². The summed E-state index contributed by atoms with van der Waals surface area (Å²) in [4.78, 5) is 13.8. The fraction of sp³-hybridized carbons (Fsp3) is 0.552. The number of nitrogens with zero attached hydrogens (tertiary/aromatic N) is 1. The van der Waals surface area contributed by atoms with Gasteiger partial charge in [0.1, 0.15) is 0 Å². The van der Waals surface area contributed by atoms with Crippen molar-refractivity contribution in [3.63, 3.8) is 0 Å². The number of carbonyl (C=O) groups is 1. The molecule has 1 amide bonds. The minimum atomic E-state index is -0.560. The summed E-state index contributed by atoms with van der Waals surface area (Å²) in [6, 6.07) is 13.7. The Hall–Kier alpha value is -2.40. The van der Waals surface area contributed by atoms with Crippen molar-refractivity contribution < 1.29 is 14.3 Å². The summed E-state index contributed by atoms with van der Waals surface area (Å²) in [5, 5.41) is 11.7. The molecule has 0 heterocycles. The van der Waals surface area contributed by atoms with Crippen LogP contribution in [0.1, 0.15) is 88.8 Å². The molecule has 2 aromatic rings. The number of phenolic OH excluding ortho intramolecular Hbond substituents is 1. The fourth-order valence-electron chi connectivity index (χ4n) is 4.85. The zero-order chi connectivity index (χ0) is 25.3. The summed E-state index contributed by atoms with van der Waals surface area (Å²) in [5.41, 5.74) is 3.87. The number of halogens is 1. The molecule has 0 unspecified atom stereocenters. The van der Waals surface area contributed by atoms with Gasteiger partial charge in [-0.15, -0.1) is 0 Å². The molecule has 34 heavy (non-hydrogen) atoms. The highest BCUT2D eigenvalue weighted by Crippen LogP contribution is 2.42. The molecule has 188 valence electrons. The lowest BCUT2D eigenvalue weighted by molar-refractivity contribution is -0.119. The Labute approximate surface area is 205 Å². The number of amides is 1. The molecule has 2 N–H and O–H groups in total. The van der Waals surface area contributed by atoms with E-state index in [2.05, 4.69) is 62.3 Å². The van der Waals surface area contributed by atoms with Crippen molar-refractivity contribution in [1.82, 2.24) is 10.2 Å². The van der Waals surface area contributed by atoms with Gasteiger partial charge in [0, 0.05) is 25.0 Å². The Morgan fingerprint density at radius 2 is 1.79 bits per heavy atom. The molecule has 0 saturated heterocycles. The summed E-state index contributed by atoms with van der Waals surface area (Å²) in [5.74, 6) is -0.228. The van der Waals surface area contributed by atoms with Gasteiger partial charge in [-0.25, -0.2) is 4.39 Å². The van der Waals surface area contributed by atoms with Crippen LogP contribution in [0.15, 0.2) is 42.5 Å². The van der Waals surface area contributed by atoms with Crippen LogP contribution in [-0.4, -0.2) is 35.5 Å². The number of aryl methyl sites for hydroxylation is 1. The van der Waals surface area contributed by atoms with Crippen LogP contribution in [0.4, 0.5) is 4.39 Å². The average molecular weight is 471 g/mol. The Balaban J connectivity index is 0.000000379. The molecular weight excluding hydrogens is 427 g/mol. The van der Waals surface area contributed by atoms with Crippen molar-refractivity contribution in [3.8, 4) is 5.75 Å². The van der Waals surface area contributed by atoms with Crippen molar-refractivity contribution in [2.24, 2.45) is 0 Å². The van der Waals surface area contributed by atoms with E-state index in [1.165, 1.54) is 55.4 Å². The number of carbonyl (C=O) groups excluding carboxylic acids is 1.